The molecular weight excluding hydrogens is 382 g/mol. The maximum atomic E-state index is 12.6. The predicted molar refractivity (Wildman–Crippen MR) is 113 cm³/mol. The predicted octanol–water partition coefficient (Wildman–Crippen LogP) is 2.45. The van der Waals surface area contributed by atoms with Crippen LogP contribution in [0.1, 0.15) is 36.0 Å². The van der Waals surface area contributed by atoms with E-state index in [0.29, 0.717) is 32.6 Å². The molecule has 1 aromatic carbocycles. The SMILES string of the molecule is Cc1ccc(C(CNC(=O)Cc2ccc(N3CCCC3=O)cc2)N2CCOCC2)o1. The number of carbonyl (C=O) groups excluding carboxylic acids is 2. The Hall–Kier alpha value is -2.64. The quantitative estimate of drug-likeness (QED) is 0.758. The summed E-state index contributed by atoms with van der Waals surface area (Å²) in [5, 5.41) is 3.07. The molecule has 2 fully saturated rings. The summed E-state index contributed by atoms with van der Waals surface area (Å²) in [4.78, 5) is 28.6. The van der Waals surface area contributed by atoms with Gasteiger partial charge in [-0.2, -0.15) is 0 Å². The van der Waals surface area contributed by atoms with Crippen LogP contribution in [0.2, 0.25) is 0 Å². The van der Waals surface area contributed by atoms with Crippen LogP contribution in [0.15, 0.2) is 40.8 Å². The Kier molecular flexibility index (Phi) is 6.50. The number of benzene rings is 1. The highest BCUT2D eigenvalue weighted by Crippen LogP contribution is 2.24. The molecule has 2 aliphatic heterocycles. The van der Waals surface area contributed by atoms with E-state index >= 15 is 0 Å². The van der Waals surface area contributed by atoms with Gasteiger partial charge in [0.1, 0.15) is 11.5 Å². The van der Waals surface area contributed by atoms with Crippen LogP contribution in [0.4, 0.5) is 5.69 Å². The van der Waals surface area contributed by atoms with Gasteiger partial charge in [0, 0.05) is 38.3 Å². The molecule has 4 rings (SSSR count). The molecule has 0 radical (unpaired) electrons. The van der Waals surface area contributed by atoms with Crippen molar-refractivity contribution in [3.05, 3.63) is 53.5 Å². The Morgan fingerprint density at radius 1 is 1.10 bits per heavy atom. The van der Waals surface area contributed by atoms with Crippen LogP contribution in [0.5, 0.6) is 0 Å². The lowest BCUT2D eigenvalue weighted by molar-refractivity contribution is -0.121. The highest BCUT2D eigenvalue weighted by Gasteiger charge is 2.26. The maximum absolute atomic E-state index is 12.6. The van der Waals surface area contributed by atoms with E-state index in [1.54, 1.807) is 0 Å². The first kappa shape index (κ1) is 20.6. The standard InChI is InChI=1S/C23H29N3O4/c1-17-4-9-21(30-17)20(25-11-13-29-14-12-25)16-24-22(27)15-18-5-7-19(8-6-18)26-10-2-3-23(26)28/h4-9,20H,2-3,10-16H2,1H3,(H,24,27). The van der Waals surface area contributed by atoms with E-state index in [2.05, 4.69) is 10.2 Å². The third-order valence-electron chi connectivity index (χ3n) is 5.75. The minimum Gasteiger partial charge on any atom is -0.465 e. The highest BCUT2D eigenvalue weighted by atomic mass is 16.5. The van der Waals surface area contributed by atoms with Gasteiger partial charge in [-0.3, -0.25) is 14.5 Å². The number of furan rings is 1. The molecule has 1 unspecified atom stereocenters. The minimum atomic E-state index is -0.0264. The van der Waals surface area contributed by atoms with Gasteiger partial charge in [0.25, 0.3) is 0 Å². The smallest absolute Gasteiger partial charge is 0.227 e. The average Bonchev–Trinajstić information content (AvgIpc) is 3.38. The average molecular weight is 412 g/mol. The van der Waals surface area contributed by atoms with E-state index in [1.807, 2.05) is 48.2 Å². The summed E-state index contributed by atoms with van der Waals surface area (Å²) in [5.74, 6) is 1.88. The molecule has 1 aromatic heterocycles. The second-order valence-corrected chi connectivity index (χ2v) is 7.91. The fourth-order valence-corrected chi connectivity index (χ4v) is 4.10. The Balaban J connectivity index is 1.34. The number of nitrogens with one attached hydrogen (secondary N) is 1. The van der Waals surface area contributed by atoms with Crippen LogP contribution >= 0.6 is 0 Å². The number of hydrogen-bond donors (Lipinski definition) is 1. The molecule has 1 atom stereocenters. The fourth-order valence-electron chi connectivity index (χ4n) is 4.10. The molecule has 3 heterocycles. The van der Waals surface area contributed by atoms with Gasteiger partial charge in [-0.25, -0.2) is 0 Å². The molecule has 7 nitrogen and oxygen atoms in total. The van der Waals surface area contributed by atoms with Gasteiger partial charge in [-0.05, 0) is 43.2 Å². The van der Waals surface area contributed by atoms with Crippen LogP contribution in [0.3, 0.4) is 0 Å². The number of ether oxygens (including phenoxy) is 1. The van der Waals surface area contributed by atoms with Crippen molar-refractivity contribution >= 4 is 17.5 Å². The van der Waals surface area contributed by atoms with Crippen molar-refractivity contribution in [3.63, 3.8) is 0 Å². The van der Waals surface area contributed by atoms with E-state index < -0.39 is 0 Å². The number of morpholine rings is 1. The molecule has 0 bridgehead atoms. The van der Waals surface area contributed by atoms with Gasteiger partial charge < -0.3 is 19.4 Å². The van der Waals surface area contributed by atoms with E-state index in [1.165, 1.54) is 0 Å². The molecule has 160 valence electrons. The van der Waals surface area contributed by atoms with Crippen molar-refractivity contribution in [2.75, 3.05) is 44.3 Å². The molecule has 2 saturated heterocycles. The number of amides is 2. The van der Waals surface area contributed by atoms with E-state index in [0.717, 1.165) is 48.8 Å². The van der Waals surface area contributed by atoms with Gasteiger partial charge in [-0.15, -0.1) is 0 Å². The Morgan fingerprint density at radius 2 is 1.87 bits per heavy atom. The monoisotopic (exact) mass is 411 g/mol. The molecule has 0 aliphatic carbocycles. The van der Waals surface area contributed by atoms with Crippen molar-refractivity contribution in [3.8, 4) is 0 Å². The second kappa shape index (κ2) is 9.45. The number of carbonyl (C=O) groups is 2. The summed E-state index contributed by atoms with van der Waals surface area (Å²) >= 11 is 0. The first-order valence-corrected chi connectivity index (χ1v) is 10.6. The summed E-state index contributed by atoms with van der Waals surface area (Å²) in [7, 11) is 0. The fraction of sp³-hybridized carbons (Fsp3) is 0.478. The van der Waals surface area contributed by atoms with E-state index in [4.69, 9.17) is 9.15 Å². The zero-order chi connectivity index (χ0) is 20.9. The molecule has 1 N–H and O–H groups in total. The Morgan fingerprint density at radius 3 is 2.50 bits per heavy atom. The Labute approximate surface area is 177 Å². The van der Waals surface area contributed by atoms with Crippen molar-refractivity contribution in [2.45, 2.75) is 32.2 Å². The zero-order valence-electron chi connectivity index (χ0n) is 17.4. The topological polar surface area (TPSA) is 75.0 Å². The summed E-state index contributed by atoms with van der Waals surface area (Å²) in [6, 6.07) is 11.6. The summed E-state index contributed by atoms with van der Waals surface area (Å²) in [5.41, 5.74) is 1.84. The normalized spacial score (nSPS) is 18.6. The first-order valence-electron chi connectivity index (χ1n) is 10.6. The highest BCUT2D eigenvalue weighted by molar-refractivity contribution is 5.95. The third-order valence-corrected chi connectivity index (χ3v) is 5.75. The van der Waals surface area contributed by atoms with Crippen molar-refractivity contribution in [1.29, 1.82) is 0 Å². The van der Waals surface area contributed by atoms with Crippen molar-refractivity contribution in [1.82, 2.24) is 10.2 Å². The van der Waals surface area contributed by atoms with Crippen LogP contribution < -0.4 is 10.2 Å². The van der Waals surface area contributed by atoms with Crippen molar-refractivity contribution < 1.29 is 18.7 Å². The van der Waals surface area contributed by atoms with E-state index in [-0.39, 0.29) is 17.9 Å². The third kappa shape index (κ3) is 4.91. The second-order valence-electron chi connectivity index (χ2n) is 7.91. The van der Waals surface area contributed by atoms with Gasteiger partial charge in [-0.1, -0.05) is 12.1 Å². The zero-order valence-corrected chi connectivity index (χ0v) is 17.4. The number of anilines is 1. The lowest BCUT2D eigenvalue weighted by atomic mass is 10.1. The number of aryl methyl sites for hydroxylation is 1. The van der Waals surface area contributed by atoms with Gasteiger partial charge in [0.2, 0.25) is 11.8 Å². The minimum absolute atomic E-state index is 0.00453. The van der Waals surface area contributed by atoms with Crippen LogP contribution in [-0.2, 0) is 20.7 Å². The number of hydrogen-bond acceptors (Lipinski definition) is 5. The van der Waals surface area contributed by atoms with Crippen molar-refractivity contribution in [2.24, 2.45) is 0 Å². The maximum Gasteiger partial charge on any atom is 0.227 e. The van der Waals surface area contributed by atoms with Gasteiger partial charge >= 0.3 is 0 Å². The first-order chi connectivity index (χ1) is 14.6. The summed E-state index contributed by atoms with van der Waals surface area (Å²) in [6.45, 7) is 6.21. The van der Waals surface area contributed by atoms with Crippen LogP contribution in [-0.4, -0.2) is 56.1 Å². The van der Waals surface area contributed by atoms with Crippen LogP contribution in [0.25, 0.3) is 0 Å². The molecule has 2 aromatic rings. The molecule has 0 saturated carbocycles. The van der Waals surface area contributed by atoms with Gasteiger partial charge in [0.05, 0.1) is 25.7 Å². The molecule has 7 heteroatoms. The molecular formula is C23H29N3O4. The largest absolute Gasteiger partial charge is 0.465 e. The lowest BCUT2D eigenvalue weighted by Crippen LogP contribution is -2.44. The molecule has 30 heavy (non-hydrogen) atoms. The lowest BCUT2D eigenvalue weighted by Gasteiger charge is -2.33. The molecule has 2 aliphatic rings. The van der Waals surface area contributed by atoms with E-state index in [9.17, 15) is 9.59 Å². The Bertz CT molecular complexity index is 871. The van der Waals surface area contributed by atoms with Crippen LogP contribution in [0, 0.1) is 6.92 Å². The number of rotatable bonds is 7. The molecule has 0 spiro atoms. The molecule has 2 amide bonds. The summed E-state index contributed by atoms with van der Waals surface area (Å²) < 4.78 is 11.3. The summed E-state index contributed by atoms with van der Waals surface area (Å²) in [6.07, 6.45) is 1.83. The number of nitrogens with zero attached hydrogens (tertiary/aromatic N) is 2. The van der Waals surface area contributed by atoms with Gasteiger partial charge in [0.15, 0.2) is 0 Å².